The first-order valence-electron chi connectivity index (χ1n) is 7.39. The summed E-state index contributed by atoms with van der Waals surface area (Å²) >= 11 is 0. The van der Waals surface area contributed by atoms with Gasteiger partial charge in [-0.25, -0.2) is 0 Å². The molecule has 2 aromatic heterocycles. The number of amides is 1. The molecule has 1 N–H and O–H groups in total. The molecule has 0 unspecified atom stereocenters. The number of carbonyl (C=O) groups is 1. The predicted octanol–water partition coefficient (Wildman–Crippen LogP) is 4.49. The summed E-state index contributed by atoms with van der Waals surface area (Å²) in [7, 11) is 0. The van der Waals surface area contributed by atoms with Crippen molar-refractivity contribution < 1.29 is 9.32 Å². The summed E-state index contributed by atoms with van der Waals surface area (Å²) in [6.07, 6.45) is 10.4. The third-order valence-electron chi connectivity index (χ3n) is 2.69. The van der Waals surface area contributed by atoms with Gasteiger partial charge >= 0.3 is 0 Å². The summed E-state index contributed by atoms with van der Waals surface area (Å²) < 4.78 is 5.10. The van der Waals surface area contributed by atoms with Gasteiger partial charge in [-0.05, 0) is 24.6 Å². The largest absolute Gasteiger partial charge is 0.338 e. The Bertz CT molecular complexity index is 685. The maximum Gasteiger partial charge on any atom is 0.276 e. The van der Waals surface area contributed by atoms with Crippen molar-refractivity contribution in [2.24, 2.45) is 0 Å². The van der Waals surface area contributed by atoms with Crippen molar-refractivity contribution in [3.63, 3.8) is 0 Å². The van der Waals surface area contributed by atoms with Gasteiger partial charge < -0.3 is 4.52 Å². The van der Waals surface area contributed by atoms with Crippen LogP contribution in [0.1, 0.15) is 36.8 Å². The van der Waals surface area contributed by atoms with Crippen molar-refractivity contribution in [1.82, 2.24) is 10.1 Å². The van der Waals surface area contributed by atoms with Gasteiger partial charge in [-0.2, -0.15) is 0 Å². The monoisotopic (exact) mass is 311 g/mol. The van der Waals surface area contributed by atoms with Crippen molar-refractivity contribution in [1.29, 1.82) is 0 Å². The van der Waals surface area contributed by atoms with Gasteiger partial charge in [0.15, 0.2) is 0 Å². The smallest absolute Gasteiger partial charge is 0.276 e. The number of hydrogen-bond acceptors (Lipinski definition) is 4. The van der Waals surface area contributed by atoms with Crippen LogP contribution in [0.15, 0.2) is 66.0 Å². The van der Waals surface area contributed by atoms with Crippen molar-refractivity contribution in [2.75, 3.05) is 5.32 Å². The van der Waals surface area contributed by atoms with Crippen LogP contribution in [0, 0.1) is 0 Å². The highest BCUT2D eigenvalue weighted by Crippen LogP contribution is 2.25. The maximum atomic E-state index is 12.1. The number of pyridine rings is 1. The third-order valence-corrected chi connectivity index (χ3v) is 2.69. The molecule has 0 spiro atoms. The number of allylic oxidation sites excluding steroid dienone is 5. The van der Waals surface area contributed by atoms with Gasteiger partial charge in [0.25, 0.3) is 5.91 Å². The Hall–Kier alpha value is -2.95. The van der Waals surface area contributed by atoms with Crippen LogP contribution in [0.4, 0.5) is 5.88 Å². The first-order valence-corrected chi connectivity index (χ1v) is 7.39. The lowest BCUT2D eigenvalue weighted by Gasteiger charge is -2.03. The summed E-state index contributed by atoms with van der Waals surface area (Å²) in [6.45, 7) is 9.66. The zero-order valence-corrected chi connectivity index (χ0v) is 13.6. The average molecular weight is 311 g/mol. The first-order chi connectivity index (χ1) is 11.3. The van der Waals surface area contributed by atoms with Crippen LogP contribution in [0.5, 0.6) is 0 Å². The van der Waals surface area contributed by atoms with Gasteiger partial charge in [-0.3, -0.25) is 15.1 Å². The normalized spacial score (nSPS) is 10.8. The second-order valence-electron chi connectivity index (χ2n) is 4.09. The number of anilines is 1. The van der Waals surface area contributed by atoms with Crippen LogP contribution in [-0.4, -0.2) is 16.0 Å². The molecule has 2 aromatic rings. The van der Waals surface area contributed by atoms with E-state index in [1.807, 2.05) is 39.0 Å². The molecule has 5 heteroatoms. The van der Waals surface area contributed by atoms with E-state index >= 15 is 0 Å². The quantitative estimate of drug-likeness (QED) is 0.826. The second kappa shape index (κ2) is 9.89. The molecule has 23 heavy (non-hydrogen) atoms. The van der Waals surface area contributed by atoms with Crippen molar-refractivity contribution in [3.05, 3.63) is 72.7 Å². The van der Waals surface area contributed by atoms with E-state index in [4.69, 9.17) is 4.52 Å². The minimum atomic E-state index is -0.358. The van der Waals surface area contributed by atoms with E-state index in [1.54, 1.807) is 30.5 Å². The molecule has 0 radical (unpaired) electrons. The number of carbonyl (C=O) groups excluding carboxylic acids is 1. The number of nitrogens with zero attached hydrogens (tertiary/aromatic N) is 2. The molecule has 120 valence electrons. The number of hydrogen-bond donors (Lipinski definition) is 1. The maximum absolute atomic E-state index is 12.1. The summed E-state index contributed by atoms with van der Waals surface area (Å²) in [4.78, 5) is 16.1. The fraction of sp³-hybridized carbons (Fsp3) is 0.167. The zero-order chi connectivity index (χ0) is 17.1. The molecule has 0 fully saturated rings. The molecule has 0 aliphatic heterocycles. The molecule has 5 nitrogen and oxygen atoms in total. The Kier molecular flexibility index (Phi) is 7.78. The Morgan fingerprint density at radius 3 is 2.74 bits per heavy atom. The Morgan fingerprint density at radius 2 is 2.13 bits per heavy atom. The fourth-order valence-electron chi connectivity index (χ4n) is 1.67. The summed E-state index contributed by atoms with van der Waals surface area (Å²) in [5.74, 6) is -0.0932. The molecule has 2 rings (SSSR count). The summed E-state index contributed by atoms with van der Waals surface area (Å²) in [5.41, 5.74) is 1.76. The van der Waals surface area contributed by atoms with Crippen LogP contribution in [-0.2, 0) is 0 Å². The fourth-order valence-corrected chi connectivity index (χ4v) is 1.67. The van der Waals surface area contributed by atoms with E-state index in [9.17, 15) is 4.79 Å². The Labute approximate surface area is 136 Å². The van der Waals surface area contributed by atoms with E-state index in [2.05, 4.69) is 22.0 Å². The highest BCUT2D eigenvalue weighted by Gasteiger charge is 2.15. The SMILES string of the molecule is C=C/C(=C\C=C/C)c1cnoc1NC(=O)c1ccccn1.CC. The van der Waals surface area contributed by atoms with Crippen LogP contribution < -0.4 is 5.32 Å². The van der Waals surface area contributed by atoms with Crippen molar-refractivity contribution >= 4 is 17.4 Å². The van der Waals surface area contributed by atoms with Gasteiger partial charge in [-0.1, -0.05) is 56.0 Å². The molecular weight excluding hydrogens is 290 g/mol. The third kappa shape index (κ3) is 5.07. The molecule has 1 amide bonds. The first kappa shape index (κ1) is 18.1. The van der Waals surface area contributed by atoms with E-state index in [-0.39, 0.29) is 11.8 Å². The second-order valence-corrected chi connectivity index (χ2v) is 4.09. The minimum Gasteiger partial charge on any atom is -0.338 e. The van der Waals surface area contributed by atoms with Crippen molar-refractivity contribution in [3.8, 4) is 0 Å². The number of rotatable bonds is 5. The van der Waals surface area contributed by atoms with Gasteiger partial charge in [-0.15, -0.1) is 0 Å². The van der Waals surface area contributed by atoms with Crippen LogP contribution in [0.25, 0.3) is 5.57 Å². The molecule has 0 atom stereocenters. The highest BCUT2D eigenvalue weighted by atomic mass is 16.5. The molecule has 0 saturated carbocycles. The topological polar surface area (TPSA) is 68.0 Å². The Balaban J connectivity index is 0.00000127. The summed E-state index contributed by atoms with van der Waals surface area (Å²) in [6, 6.07) is 5.10. The van der Waals surface area contributed by atoms with Crippen LogP contribution >= 0.6 is 0 Å². The average Bonchev–Trinajstić information content (AvgIpc) is 3.06. The van der Waals surface area contributed by atoms with E-state index < -0.39 is 0 Å². The zero-order valence-electron chi connectivity index (χ0n) is 13.6. The van der Waals surface area contributed by atoms with Gasteiger partial charge in [0.2, 0.25) is 5.88 Å². The predicted molar refractivity (Wildman–Crippen MR) is 93.0 cm³/mol. The lowest BCUT2D eigenvalue weighted by atomic mass is 10.1. The highest BCUT2D eigenvalue weighted by molar-refractivity contribution is 6.03. The van der Waals surface area contributed by atoms with Gasteiger partial charge in [0.05, 0.1) is 11.8 Å². The van der Waals surface area contributed by atoms with Gasteiger partial charge in [0.1, 0.15) is 5.69 Å². The molecular formula is C18H21N3O2. The number of nitrogens with one attached hydrogen (secondary N) is 1. The van der Waals surface area contributed by atoms with E-state index in [0.717, 1.165) is 5.57 Å². The number of aromatic nitrogens is 2. The van der Waals surface area contributed by atoms with E-state index in [1.165, 1.54) is 6.20 Å². The molecule has 0 aromatic carbocycles. The molecule has 0 aliphatic rings. The van der Waals surface area contributed by atoms with Gasteiger partial charge in [0, 0.05) is 6.20 Å². The summed E-state index contributed by atoms with van der Waals surface area (Å²) in [5, 5.41) is 6.38. The van der Waals surface area contributed by atoms with Crippen LogP contribution in [0.3, 0.4) is 0 Å². The standard InChI is InChI=1S/C16H15N3O2.C2H6/c1-3-5-8-12(4-2)13-11-18-21-16(13)19-15(20)14-9-6-7-10-17-14;1-2/h3-11H,2H2,1H3,(H,19,20);1-2H3/b5-3-,12-8+;. The molecule has 0 saturated heterocycles. The lowest BCUT2D eigenvalue weighted by molar-refractivity contribution is 0.101. The van der Waals surface area contributed by atoms with E-state index in [0.29, 0.717) is 11.3 Å². The minimum absolute atomic E-state index is 0.265. The van der Waals surface area contributed by atoms with Crippen molar-refractivity contribution in [2.45, 2.75) is 20.8 Å². The van der Waals surface area contributed by atoms with Crippen LogP contribution in [0.2, 0.25) is 0 Å². The molecule has 0 bridgehead atoms. The molecule has 2 heterocycles. The molecule has 0 aliphatic carbocycles. The Morgan fingerprint density at radius 1 is 1.35 bits per heavy atom. The lowest BCUT2D eigenvalue weighted by Crippen LogP contribution is -2.13.